The molecule has 3 heterocycles. The van der Waals surface area contributed by atoms with E-state index in [2.05, 4.69) is 20.5 Å². The maximum atomic E-state index is 12.6. The minimum absolute atomic E-state index is 0.0751. The highest BCUT2D eigenvalue weighted by Crippen LogP contribution is 2.30. The van der Waals surface area contributed by atoms with Gasteiger partial charge in [0.25, 0.3) is 5.91 Å². The molecule has 7 nitrogen and oxygen atoms in total. The van der Waals surface area contributed by atoms with Crippen LogP contribution in [-0.4, -0.2) is 41.3 Å². The van der Waals surface area contributed by atoms with Crippen molar-refractivity contribution >= 4 is 11.6 Å². The van der Waals surface area contributed by atoms with E-state index >= 15 is 0 Å². The Balaban J connectivity index is 1.75. The van der Waals surface area contributed by atoms with Crippen LogP contribution < -0.4 is 10.2 Å². The number of carbonyl (C=O) groups excluding carboxylic acids is 1. The Labute approximate surface area is 141 Å². The van der Waals surface area contributed by atoms with Gasteiger partial charge in [-0.25, -0.2) is 0 Å². The molecular weight excluding hydrogens is 306 g/mol. The number of fused-ring (bicyclic) bond motifs is 1. The van der Waals surface area contributed by atoms with Crippen LogP contribution in [-0.2, 0) is 17.7 Å². The van der Waals surface area contributed by atoms with Crippen LogP contribution in [0.4, 0.5) is 5.69 Å². The highest BCUT2D eigenvalue weighted by molar-refractivity contribution is 5.94. The van der Waals surface area contributed by atoms with E-state index in [0.29, 0.717) is 18.7 Å². The summed E-state index contributed by atoms with van der Waals surface area (Å²) in [5.74, 6) is -0.191. The number of H-pyrrole nitrogens is 1. The maximum Gasteiger partial charge on any atom is 0.272 e. The summed E-state index contributed by atoms with van der Waals surface area (Å²) < 4.78 is 5.76. The van der Waals surface area contributed by atoms with Crippen molar-refractivity contribution in [3.8, 4) is 0 Å². The molecule has 7 heteroatoms. The molecule has 0 radical (unpaired) electrons. The number of carbonyl (C=O) groups is 1. The van der Waals surface area contributed by atoms with Crippen LogP contribution in [0.1, 0.15) is 47.4 Å². The van der Waals surface area contributed by atoms with E-state index in [1.165, 1.54) is 0 Å². The Morgan fingerprint density at radius 3 is 3.00 bits per heavy atom. The molecule has 2 N–H and O–H groups in total. The summed E-state index contributed by atoms with van der Waals surface area (Å²) in [6.45, 7) is 4.33. The smallest absolute Gasteiger partial charge is 0.272 e. The van der Waals surface area contributed by atoms with Crippen molar-refractivity contribution in [2.24, 2.45) is 0 Å². The first kappa shape index (κ1) is 16.4. The molecule has 24 heavy (non-hydrogen) atoms. The lowest BCUT2D eigenvalue weighted by molar-refractivity contribution is -0.00697. The molecule has 128 valence electrons. The van der Waals surface area contributed by atoms with Crippen molar-refractivity contribution in [1.29, 1.82) is 0 Å². The highest BCUT2D eigenvalue weighted by Gasteiger charge is 2.29. The van der Waals surface area contributed by atoms with Gasteiger partial charge in [-0.15, -0.1) is 0 Å². The van der Waals surface area contributed by atoms with Gasteiger partial charge in [0.15, 0.2) is 5.69 Å². The molecule has 0 spiro atoms. The van der Waals surface area contributed by atoms with Crippen LogP contribution >= 0.6 is 0 Å². The monoisotopic (exact) mass is 329 g/mol. The van der Waals surface area contributed by atoms with E-state index in [9.17, 15) is 4.79 Å². The van der Waals surface area contributed by atoms with E-state index in [-0.39, 0.29) is 18.1 Å². The second kappa shape index (κ2) is 6.60. The van der Waals surface area contributed by atoms with Crippen molar-refractivity contribution in [1.82, 2.24) is 20.5 Å². The van der Waals surface area contributed by atoms with Crippen molar-refractivity contribution in [2.75, 3.05) is 19.0 Å². The minimum atomic E-state index is -0.191. The molecule has 2 atom stereocenters. The van der Waals surface area contributed by atoms with Crippen LogP contribution in [0.2, 0.25) is 0 Å². The van der Waals surface area contributed by atoms with Crippen molar-refractivity contribution in [3.63, 3.8) is 0 Å². The zero-order chi connectivity index (χ0) is 17.3. The molecule has 0 unspecified atom stereocenters. The molecule has 1 aliphatic rings. The lowest BCUT2D eigenvalue weighted by Gasteiger charge is -2.25. The van der Waals surface area contributed by atoms with Gasteiger partial charge in [0.2, 0.25) is 0 Å². The Bertz CT molecular complexity index is 740. The van der Waals surface area contributed by atoms with Gasteiger partial charge in [0, 0.05) is 32.3 Å². The maximum absolute atomic E-state index is 12.6. The van der Waals surface area contributed by atoms with Crippen LogP contribution in [0.5, 0.6) is 0 Å². The Hall–Kier alpha value is -2.41. The first-order valence-corrected chi connectivity index (χ1v) is 8.09. The third kappa shape index (κ3) is 3.12. The number of hydrogen-bond acceptors (Lipinski definition) is 5. The molecule has 0 aliphatic carbocycles. The summed E-state index contributed by atoms with van der Waals surface area (Å²) in [6.07, 6.45) is 2.42. The van der Waals surface area contributed by atoms with Gasteiger partial charge >= 0.3 is 0 Å². The van der Waals surface area contributed by atoms with Crippen LogP contribution in [0.25, 0.3) is 0 Å². The quantitative estimate of drug-likeness (QED) is 0.894. The summed E-state index contributed by atoms with van der Waals surface area (Å²) >= 11 is 0. The highest BCUT2D eigenvalue weighted by atomic mass is 16.5. The SMILES string of the molecule is C[C@@H]1Cc2c(C(=O)NCc3ncccc3N(C)C)n[nH]c2[C@H](C)O1. The van der Waals surface area contributed by atoms with E-state index in [1.807, 2.05) is 45.0 Å². The summed E-state index contributed by atoms with van der Waals surface area (Å²) in [6, 6.07) is 3.86. The molecule has 1 aliphatic heterocycles. The zero-order valence-corrected chi connectivity index (χ0v) is 14.5. The van der Waals surface area contributed by atoms with Crippen LogP contribution in [0.15, 0.2) is 18.3 Å². The number of aromatic amines is 1. The predicted molar refractivity (Wildman–Crippen MR) is 91.0 cm³/mol. The fourth-order valence-electron chi connectivity index (χ4n) is 3.08. The summed E-state index contributed by atoms with van der Waals surface area (Å²) in [5.41, 5.74) is 4.11. The number of anilines is 1. The third-order valence-electron chi connectivity index (χ3n) is 4.21. The molecule has 0 saturated heterocycles. The topological polar surface area (TPSA) is 83.1 Å². The fourth-order valence-corrected chi connectivity index (χ4v) is 3.08. The molecule has 3 rings (SSSR count). The molecule has 0 fully saturated rings. The van der Waals surface area contributed by atoms with Crippen LogP contribution in [0, 0.1) is 0 Å². The van der Waals surface area contributed by atoms with E-state index in [0.717, 1.165) is 22.6 Å². The number of pyridine rings is 1. The number of ether oxygens (including phenoxy) is 1. The van der Waals surface area contributed by atoms with Gasteiger partial charge < -0.3 is 15.0 Å². The van der Waals surface area contributed by atoms with E-state index < -0.39 is 0 Å². The average molecular weight is 329 g/mol. The Morgan fingerprint density at radius 1 is 1.46 bits per heavy atom. The first-order valence-electron chi connectivity index (χ1n) is 8.09. The lowest BCUT2D eigenvalue weighted by Crippen LogP contribution is -2.28. The van der Waals surface area contributed by atoms with Crippen molar-refractivity contribution < 1.29 is 9.53 Å². The number of amides is 1. The zero-order valence-electron chi connectivity index (χ0n) is 14.5. The van der Waals surface area contributed by atoms with E-state index in [4.69, 9.17) is 4.74 Å². The summed E-state index contributed by atoms with van der Waals surface area (Å²) in [4.78, 5) is 18.9. The van der Waals surface area contributed by atoms with Crippen LogP contribution in [0.3, 0.4) is 0 Å². The molecular formula is C17H23N5O2. The Kier molecular flexibility index (Phi) is 4.53. The standard InChI is InChI=1S/C17H23N5O2/c1-10-8-12-15(11(2)24-10)20-21-16(12)17(23)19-9-13-14(22(3)4)6-5-7-18-13/h5-7,10-11H,8-9H2,1-4H3,(H,19,23)(H,20,21)/t10-,11+/m1/s1. The molecule has 1 amide bonds. The lowest BCUT2D eigenvalue weighted by atomic mass is 9.99. The number of nitrogens with zero attached hydrogens (tertiary/aromatic N) is 3. The predicted octanol–water partition coefficient (Wildman–Crippen LogP) is 1.82. The summed E-state index contributed by atoms with van der Waals surface area (Å²) in [7, 11) is 3.91. The fraction of sp³-hybridized carbons (Fsp3) is 0.471. The van der Waals surface area contributed by atoms with Gasteiger partial charge in [0.1, 0.15) is 0 Å². The third-order valence-corrected chi connectivity index (χ3v) is 4.21. The van der Waals surface area contributed by atoms with Crippen molar-refractivity contribution in [2.45, 2.75) is 39.0 Å². The summed E-state index contributed by atoms with van der Waals surface area (Å²) in [5, 5.41) is 10.1. The second-order valence-electron chi connectivity index (χ2n) is 6.30. The molecule has 0 saturated carbocycles. The van der Waals surface area contributed by atoms with Gasteiger partial charge in [-0.2, -0.15) is 5.10 Å². The largest absolute Gasteiger partial charge is 0.376 e. The normalized spacial score (nSPS) is 19.7. The first-order chi connectivity index (χ1) is 11.5. The molecule has 0 aromatic carbocycles. The second-order valence-corrected chi connectivity index (χ2v) is 6.30. The van der Waals surface area contributed by atoms with Gasteiger partial charge in [0.05, 0.1) is 35.8 Å². The molecule has 0 bridgehead atoms. The number of nitrogens with one attached hydrogen (secondary N) is 2. The molecule has 2 aromatic rings. The Morgan fingerprint density at radius 2 is 2.25 bits per heavy atom. The van der Waals surface area contributed by atoms with Gasteiger partial charge in [-0.05, 0) is 26.0 Å². The van der Waals surface area contributed by atoms with Gasteiger partial charge in [-0.3, -0.25) is 14.9 Å². The van der Waals surface area contributed by atoms with Gasteiger partial charge in [-0.1, -0.05) is 0 Å². The number of aromatic nitrogens is 3. The van der Waals surface area contributed by atoms with Crippen molar-refractivity contribution in [3.05, 3.63) is 41.0 Å². The molecule has 2 aromatic heterocycles. The minimum Gasteiger partial charge on any atom is -0.376 e. The van der Waals surface area contributed by atoms with E-state index in [1.54, 1.807) is 6.20 Å². The number of rotatable bonds is 4. The number of hydrogen-bond donors (Lipinski definition) is 2. The average Bonchev–Trinajstić information content (AvgIpc) is 2.97.